The van der Waals surface area contributed by atoms with Gasteiger partial charge in [-0.2, -0.15) is 4.98 Å². The summed E-state index contributed by atoms with van der Waals surface area (Å²) in [6, 6.07) is 6.44. The molecule has 88 valence electrons. The van der Waals surface area contributed by atoms with Gasteiger partial charge in [-0.1, -0.05) is 17.3 Å². The average molecular weight is 233 g/mol. The molecule has 0 spiro atoms. The summed E-state index contributed by atoms with van der Waals surface area (Å²) in [5.41, 5.74) is 0.383. The Balaban J connectivity index is 1.92. The minimum atomic E-state index is -0.329. The molecule has 0 radical (unpaired) electrons. The van der Waals surface area contributed by atoms with E-state index < -0.39 is 0 Å². The molecule has 0 unspecified atom stereocenters. The maximum Gasteiger partial charge on any atom is 0.231 e. The number of aromatic nitrogens is 2. The quantitative estimate of drug-likeness (QED) is 0.861. The fourth-order valence-corrected chi connectivity index (χ4v) is 2.02. The zero-order valence-corrected chi connectivity index (χ0v) is 9.19. The van der Waals surface area contributed by atoms with E-state index in [9.17, 15) is 4.39 Å². The molecular formula is C12H12FN3O. The fraction of sp³-hybridized carbons (Fsp3) is 0.333. The maximum atomic E-state index is 13.5. The van der Waals surface area contributed by atoms with Crippen LogP contribution in [0.5, 0.6) is 0 Å². The highest BCUT2D eigenvalue weighted by Gasteiger charge is 2.23. The van der Waals surface area contributed by atoms with Gasteiger partial charge in [0.1, 0.15) is 5.82 Å². The van der Waals surface area contributed by atoms with E-state index in [1.807, 2.05) is 0 Å². The Morgan fingerprint density at radius 1 is 1.35 bits per heavy atom. The first kappa shape index (κ1) is 10.4. The first-order chi connectivity index (χ1) is 8.34. The summed E-state index contributed by atoms with van der Waals surface area (Å²) in [6.07, 6.45) is 0.985. The highest BCUT2D eigenvalue weighted by molar-refractivity contribution is 5.54. The largest absolute Gasteiger partial charge is 0.339 e. The van der Waals surface area contributed by atoms with Gasteiger partial charge in [-0.25, -0.2) is 4.39 Å². The standard InChI is InChI=1S/C12H12FN3O/c13-10-4-2-1-3-9(10)11-15-12(17-16-11)8-5-6-14-7-8/h1-4,8,14H,5-7H2/t8-/m0/s1. The Hall–Kier alpha value is -1.75. The zero-order chi connectivity index (χ0) is 11.7. The summed E-state index contributed by atoms with van der Waals surface area (Å²) in [5.74, 6) is 0.839. The summed E-state index contributed by atoms with van der Waals surface area (Å²) in [5, 5.41) is 7.07. The lowest BCUT2D eigenvalue weighted by molar-refractivity contribution is 0.359. The van der Waals surface area contributed by atoms with Crippen LogP contribution >= 0.6 is 0 Å². The van der Waals surface area contributed by atoms with Gasteiger partial charge in [0.25, 0.3) is 0 Å². The molecule has 2 heterocycles. The normalized spacial score (nSPS) is 19.7. The van der Waals surface area contributed by atoms with Crippen molar-refractivity contribution in [2.24, 2.45) is 0 Å². The van der Waals surface area contributed by atoms with Crippen LogP contribution in [0, 0.1) is 5.82 Å². The minimum absolute atomic E-state index is 0.253. The summed E-state index contributed by atoms with van der Waals surface area (Å²) < 4.78 is 18.7. The molecule has 0 bridgehead atoms. The Labute approximate surface area is 97.8 Å². The van der Waals surface area contributed by atoms with Gasteiger partial charge in [0.15, 0.2) is 0 Å². The smallest absolute Gasteiger partial charge is 0.231 e. The van der Waals surface area contributed by atoms with Gasteiger partial charge in [-0.05, 0) is 25.1 Å². The van der Waals surface area contributed by atoms with E-state index in [1.54, 1.807) is 18.2 Å². The number of nitrogens with one attached hydrogen (secondary N) is 1. The van der Waals surface area contributed by atoms with Crippen molar-refractivity contribution in [3.8, 4) is 11.4 Å². The fourth-order valence-electron chi connectivity index (χ4n) is 2.02. The van der Waals surface area contributed by atoms with Crippen molar-refractivity contribution in [1.82, 2.24) is 15.5 Å². The van der Waals surface area contributed by atoms with Gasteiger partial charge in [-0.3, -0.25) is 0 Å². The van der Waals surface area contributed by atoms with Gasteiger partial charge in [0.05, 0.1) is 11.5 Å². The molecule has 5 heteroatoms. The van der Waals surface area contributed by atoms with Gasteiger partial charge < -0.3 is 9.84 Å². The summed E-state index contributed by atoms with van der Waals surface area (Å²) >= 11 is 0. The molecule has 1 fully saturated rings. The summed E-state index contributed by atoms with van der Waals surface area (Å²) in [7, 11) is 0. The molecule has 1 saturated heterocycles. The van der Waals surface area contributed by atoms with Crippen molar-refractivity contribution < 1.29 is 8.91 Å². The highest BCUT2D eigenvalue weighted by atomic mass is 19.1. The Morgan fingerprint density at radius 2 is 2.24 bits per heavy atom. The molecule has 2 aromatic rings. The van der Waals surface area contributed by atoms with Crippen LogP contribution in [0.4, 0.5) is 4.39 Å². The molecule has 1 aliphatic heterocycles. The number of rotatable bonds is 2. The van der Waals surface area contributed by atoms with Crippen molar-refractivity contribution in [2.75, 3.05) is 13.1 Å². The van der Waals surface area contributed by atoms with Crippen molar-refractivity contribution in [3.63, 3.8) is 0 Å². The first-order valence-electron chi connectivity index (χ1n) is 5.64. The van der Waals surface area contributed by atoms with E-state index in [-0.39, 0.29) is 11.7 Å². The molecule has 1 aromatic heterocycles. The zero-order valence-electron chi connectivity index (χ0n) is 9.19. The second-order valence-corrected chi connectivity index (χ2v) is 4.13. The van der Waals surface area contributed by atoms with Crippen molar-refractivity contribution in [2.45, 2.75) is 12.3 Å². The first-order valence-corrected chi connectivity index (χ1v) is 5.64. The molecule has 0 amide bonds. The van der Waals surface area contributed by atoms with Crippen LogP contribution in [-0.4, -0.2) is 23.2 Å². The number of nitrogens with zero attached hydrogens (tertiary/aromatic N) is 2. The predicted molar refractivity (Wildman–Crippen MR) is 59.9 cm³/mol. The average Bonchev–Trinajstić information content (AvgIpc) is 3.00. The number of hydrogen-bond acceptors (Lipinski definition) is 4. The third kappa shape index (κ3) is 1.93. The van der Waals surface area contributed by atoms with Crippen molar-refractivity contribution >= 4 is 0 Å². The molecule has 0 saturated carbocycles. The van der Waals surface area contributed by atoms with E-state index in [2.05, 4.69) is 15.5 Å². The molecule has 1 aliphatic rings. The second kappa shape index (κ2) is 4.25. The molecule has 4 nitrogen and oxygen atoms in total. The SMILES string of the molecule is Fc1ccccc1-c1noc([C@H]2CCNC2)n1. The number of hydrogen-bond donors (Lipinski definition) is 1. The van der Waals surface area contributed by atoms with Gasteiger partial charge in [0, 0.05) is 6.54 Å². The molecule has 1 atom stereocenters. The van der Waals surface area contributed by atoms with E-state index in [0.29, 0.717) is 17.3 Å². The lowest BCUT2D eigenvalue weighted by atomic mass is 10.1. The molecule has 1 N–H and O–H groups in total. The van der Waals surface area contributed by atoms with Crippen LogP contribution in [-0.2, 0) is 0 Å². The highest BCUT2D eigenvalue weighted by Crippen LogP contribution is 2.24. The minimum Gasteiger partial charge on any atom is -0.339 e. The monoisotopic (exact) mass is 233 g/mol. The Morgan fingerprint density at radius 3 is 3.00 bits per heavy atom. The van der Waals surface area contributed by atoms with E-state index in [1.165, 1.54) is 6.07 Å². The van der Waals surface area contributed by atoms with Crippen molar-refractivity contribution in [3.05, 3.63) is 36.0 Å². The molecule has 1 aromatic carbocycles. The van der Waals surface area contributed by atoms with E-state index >= 15 is 0 Å². The van der Waals surface area contributed by atoms with Crippen LogP contribution in [0.3, 0.4) is 0 Å². The number of benzene rings is 1. The molecule has 17 heavy (non-hydrogen) atoms. The topological polar surface area (TPSA) is 51.0 Å². The van der Waals surface area contributed by atoms with E-state index in [4.69, 9.17) is 4.52 Å². The van der Waals surface area contributed by atoms with Gasteiger partial charge in [0.2, 0.25) is 11.7 Å². The van der Waals surface area contributed by atoms with Crippen molar-refractivity contribution in [1.29, 1.82) is 0 Å². The van der Waals surface area contributed by atoms with Gasteiger partial charge >= 0.3 is 0 Å². The van der Waals surface area contributed by atoms with E-state index in [0.717, 1.165) is 19.5 Å². The van der Waals surface area contributed by atoms with Crippen LogP contribution in [0.25, 0.3) is 11.4 Å². The van der Waals surface area contributed by atoms with Crippen LogP contribution in [0.2, 0.25) is 0 Å². The van der Waals surface area contributed by atoms with Crippen LogP contribution < -0.4 is 5.32 Å². The Bertz CT molecular complexity index is 520. The molecule has 0 aliphatic carbocycles. The third-order valence-corrected chi connectivity index (χ3v) is 2.97. The third-order valence-electron chi connectivity index (χ3n) is 2.97. The Kier molecular flexibility index (Phi) is 2.60. The lowest BCUT2D eigenvalue weighted by Gasteiger charge is -1.98. The maximum absolute atomic E-state index is 13.5. The predicted octanol–water partition coefficient (Wildman–Crippen LogP) is 1.95. The summed E-state index contributed by atoms with van der Waals surface area (Å²) in [4.78, 5) is 4.27. The lowest BCUT2D eigenvalue weighted by Crippen LogP contribution is -2.08. The molecular weight excluding hydrogens is 221 g/mol. The summed E-state index contributed by atoms with van der Waals surface area (Å²) in [6.45, 7) is 1.81. The molecule has 3 rings (SSSR count). The van der Waals surface area contributed by atoms with Crippen LogP contribution in [0.1, 0.15) is 18.2 Å². The van der Waals surface area contributed by atoms with Gasteiger partial charge in [-0.15, -0.1) is 0 Å². The number of halogens is 1. The second-order valence-electron chi connectivity index (χ2n) is 4.13. The van der Waals surface area contributed by atoms with Crippen LogP contribution in [0.15, 0.2) is 28.8 Å².